The van der Waals surface area contributed by atoms with E-state index >= 15 is 0 Å². The molecular weight excluding hydrogens is 310 g/mol. The van der Waals surface area contributed by atoms with Crippen molar-refractivity contribution in [3.05, 3.63) is 28.4 Å². The topological polar surface area (TPSA) is 64.0 Å². The van der Waals surface area contributed by atoms with Gasteiger partial charge < -0.3 is 0 Å². The van der Waals surface area contributed by atoms with Crippen LogP contribution in [0.3, 0.4) is 0 Å². The van der Waals surface area contributed by atoms with Crippen LogP contribution < -0.4 is 5.32 Å². The van der Waals surface area contributed by atoms with Gasteiger partial charge in [0.25, 0.3) is 0 Å². The van der Waals surface area contributed by atoms with Crippen LogP contribution in [0.5, 0.6) is 0 Å². The van der Waals surface area contributed by atoms with Gasteiger partial charge in [-0.25, -0.2) is 0 Å². The first kappa shape index (κ1) is 12.3. The van der Waals surface area contributed by atoms with E-state index in [1.807, 2.05) is 25.2 Å². The third kappa shape index (κ3) is 1.96. The summed E-state index contributed by atoms with van der Waals surface area (Å²) in [6, 6.07) is 5.79. The number of aryl methyl sites for hydroxylation is 1. The van der Waals surface area contributed by atoms with E-state index in [0.717, 1.165) is 21.1 Å². The molecule has 1 aromatic carbocycles. The maximum absolute atomic E-state index is 12.0. The van der Waals surface area contributed by atoms with Crippen molar-refractivity contribution in [3.8, 4) is 0 Å². The Hall–Kier alpha value is -1.69. The molecule has 2 heterocycles. The van der Waals surface area contributed by atoms with Gasteiger partial charge in [-0.3, -0.25) is 19.6 Å². The van der Waals surface area contributed by atoms with Crippen LogP contribution in [-0.2, 0) is 16.6 Å². The second kappa shape index (κ2) is 4.45. The second-order valence-corrected chi connectivity index (χ2v) is 5.50. The van der Waals surface area contributed by atoms with Crippen molar-refractivity contribution >= 4 is 38.6 Å². The van der Waals surface area contributed by atoms with Gasteiger partial charge in [0.2, 0.25) is 11.8 Å². The predicted octanol–water partition coefficient (Wildman–Crippen LogP) is 1.86. The van der Waals surface area contributed by atoms with Gasteiger partial charge in [-0.05, 0) is 28.4 Å². The van der Waals surface area contributed by atoms with Crippen LogP contribution in [-0.4, -0.2) is 21.6 Å². The van der Waals surface area contributed by atoms with E-state index in [4.69, 9.17) is 0 Å². The molecule has 2 amide bonds. The summed E-state index contributed by atoms with van der Waals surface area (Å²) < 4.78 is 2.63. The third-order valence-electron chi connectivity index (χ3n) is 3.43. The maximum Gasteiger partial charge on any atom is 0.235 e. The van der Waals surface area contributed by atoms with Gasteiger partial charge in [0.1, 0.15) is 5.52 Å². The van der Waals surface area contributed by atoms with Crippen LogP contribution in [0.2, 0.25) is 0 Å². The molecule has 0 spiro atoms. The average molecular weight is 322 g/mol. The van der Waals surface area contributed by atoms with E-state index in [1.54, 1.807) is 4.68 Å². The Balaban J connectivity index is 2.15. The molecule has 19 heavy (non-hydrogen) atoms. The molecule has 6 heteroatoms. The van der Waals surface area contributed by atoms with Crippen LogP contribution in [0, 0.1) is 0 Å². The Kier molecular flexibility index (Phi) is 2.89. The molecule has 1 aliphatic rings. The Morgan fingerprint density at radius 2 is 2.21 bits per heavy atom. The van der Waals surface area contributed by atoms with Gasteiger partial charge >= 0.3 is 0 Å². The molecule has 2 aromatic rings. The number of rotatable bonds is 1. The number of halogens is 1. The highest BCUT2D eigenvalue weighted by Gasteiger charge is 2.31. The molecule has 0 radical (unpaired) electrons. The molecule has 1 aromatic heterocycles. The first-order valence-electron chi connectivity index (χ1n) is 6.02. The Bertz CT molecular complexity index is 692. The van der Waals surface area contributed by atoms with E-state index in [2.05, 4.69) is 26.3 Å². The summed E-state index contributed by atoms with van der Waals surface area (Å²) in [5, 5.41) is 7.79. The molecule has 1 aliphatic heterocycles. The molecule has 0 saturated carbocycles. The fourth-order valence-corrected chi connectivity index (χ4v) is 3.02. The highest BCUT2D eigenvalue weighted by Crippen LogP contribution is 2.33. The predicted molar refractivity (Wildman–Crippen MR) is 73.5 cm³/mol. The van der Waals surface area contributed by atoms with Crippen LogP contribution in [0.15, 0.2) is 22.7 Å². The molecular formula is C13H12BrN3O2. The molecule has 1 fully saturated rings. The minimum atomic E-state index is -0.318. The number of benzene rings is 1. The Morgan fingerprint density at radius 3 is 2.95 bits per heavy atom. The van der Waals surface area contributed by atoms with E-state index in [1.165, 1.54) is 0 Å². The summed E-state index contributed by atoms with van der Waals surface area (Å²) in [6.07, 6.45) is 0.906. The van der Waals surface area contributed by atoms with Gasteiger partial charge in [0, 0.05) is 23.3 Å². The largest absolute Gasteiger partial charge is 0.296 e. The number of aromatic nitrogens is 2. The van der Waals surface area contributed by atoms with Crippen LogP contribution >= 0.6 is 15.9 Å². The number of nitrogens with zero attached hydrogens (tertiary/aromatic N) is 2. The normalized spacial score (nSPS) is 19.8. The maximum atomic E-state index is 12.0. The SMILES string of the molecule is Cn1nc2c(Br)cccc2c1C1CCC(=O)NC1=O. The summed E-state index contributed by atoms with van der Waals surface area (Å²) in [6.45, 7) is 0. The molecule has 0 bridgehead atoms. The molecule has 0 aliphatic carbocycles. The van der Waals surface area contributed by atoms with Crippen molar-refractivity contribution < 1.29 is 9.59 Å². The van der Waals surface area contributed by atoms with E-state index in [9.17, 15) is 9.59 Å². The quantitative estimate of drug-likeness (QED) is 0.815. The summed E-state index contributed by atoms with van der Waals surface area (Å²) >= 11 is 3.46. The fraction of sp³-hybridized carbons (Fsp3) is 0.308. The number of nitrogens with one attached hydrogen (secondary N) is 1. The number of hydrogen-bond donors (Lipinski definition) is 1. The minimum Gasteiger partial charge on any atom is -0.296 e. The lowest BCUT2D eigenvalue weighted by atomic mass is 9.92. The molecule has 98 valence electrons. The molecule has 1 saturated heterocycles. The zero-order valence-electron chi connectivity index (χ0n) is 10.3. The fourth-order valence-electron chi connectivity index (χ4n) is 2.57. The van der Waals surface area contributed by atoms with Crippen molar-refractivity contribution in [1.82, 2.24) is 15.1 Å². The van der Waals surface area contributed by atoms with Gasteiger partial charge in [0.15, 0.2) is 0 Å². The van der Waals surface area contributed by atoms with Gasteiger partial charge in [-0.1, -0.05) is 12.1 Å². The lowest BCUT2D eigenvalue weighted by molar-refractivity contribution is -0.134. The highest BCUT2D eigenvalue weighted by atomic mass is 79.9. The standard InChI is InChI=1S/C13H12BrN3O2/c1-17-12(8-5-6-10(18)15-13(8)19)7-3-2-4-9(14)11(7)16-17/h2-4,8H,5-6H2,1H3,(H,15,18,19). The second-order valence-electron chi connectivity index (χ2n) is 4.65. The van der Waals surface area contributed by atoms with Crippen LogP contribution in [0.25, 0.3) is 10.9 Å². The molecule has 1 atom stereocenters. The van der Waals surface area contributed by atoms with Crippen molar-refractivity contribution in [2.45, 2.75) is 18.8 Å². The van der Waals surface area contributed by atoms with Gasteiger partial charge in [-0.15, -0.1) is 0 Å². The van der Waals surface area contributed by atoms with Crippen molar-refractivity contribution in [3.63, 3.8) is 0 Å². The zero-order valence-corrected chi connectivity index (χ0v) is 11.9. The summed E-state index contributed by atoms with van der Waals surface area (Å²) in [7, 11) is 1.82. The highest BCUT2D eigenvalue weighted by molar-refractivity contribution is 9.10. The van der Waals surface area contributed by atoms with Crippen molar-refractivity contribution in [2.24, 2.45) is 7.05 Å². The number of carbonyl (C=O) groups excluding carboxylic acids is 2. The summed E-state index contributed by atoms with van der Waals surface area (Å²) in [5.41, 5.74) is 1.70. The van der Waals surface area contributed by atoms with Crippen molar-refractivity contribution in [2.75, 3.05) is 0 Å². The monoisotopic (exact) mass is 321 g/mol. The van der Waals surface area contributed by atoms with Crippen LogP contribution in [0.4, 0.5) is 0 Å². The zero-order chi connectivity index (χ0) is 13.6. The third-order valence-corrected chi connectivity index (χ3v) is 4.07. The summed E-state index contributed by atoms with van der Waals surface area (Å²) in [4.78, 5) is 23.2. The number of carbonyl (C=O) groups is 2. The molecule has 5 nitrogen and oxygen atoms in total. The molecule has 1 N–H and O–H groups in total. The van der Waals surface area contributed by atoms with E-state index < -0.39 is 0 Å². The summed E-state index contributed by atoms with van der Waals surface area (Å²) in [5.74, 6) is -0.753. The molecule has 1 unspecified atom stereocenters. The number of hydrogen-bond acceptors (Lipinski definition) is 3. The Morgan fingerprint density at radius 1 is 1.42 bits per heavy atom. The van der Waals surface area contributed by atoms with E-state index in [0.29, 0.717) is 12.8 Å². The van der Waals surface area contributed by atoms with Gasteiger partial charge in [0.05, 0.1) is 11.6 Å². The lowest BCUT2D eigenvalue weighted by Gasteiger charge is -2.21. The van der Waals surface area contributed by atoms with Crippen molar-refractivity contribution in [1.29, 1.82) is 0 Å². The first-order valence-corrected chi connectivity index (χ1v) is 6.82. The average Bonchev–Trinajstić information content (AvgIpc) is 2.68. The number of fused-ring (bicyclic) bond motifs is 1. The minimum absolute atomic E-state index is 0.200. The van der Waals surface area contributed by atoms with Gasteiger partial charge in [-0.2, -0.15) is 5.10 Å². The Labute approximate surface area is 118 Å². The smallest absolute Gasteiger partial charge is 0.235 e. The number of imide groups is 1. The first-order chi connectivity index (χ1) is 9.08. The number of piperidine rings is 1. The number of amides is 2. The molecule has 3 rings (SSSR count). The van der Waals surface area contributed by atoms with E-state index in [-0.39, 0.29) is 17.7 Å². The van der Waals surface area contributed by atoms with Crippen LogP contribution in [0.1, 0.15) is 24.5 Å². The lowest BCUT2D eigenvalue weighted by Crippen LogP contribution is -2.40.